The fourth-order valence-electron chi connectivity index (χ4n) is 2.35. The molecule has 0 aliphatic heterocycles. The van der Waals surface area contributed by atoms with Crippen LogP contribution in [0.2, 0.25) is 0 Å². The lowest BCUT2D eigenvalue weighted by atomic mass is 10.2. The number of hydrogen-bond donors (Lipinski definition) is 1. The molecule has 0 saturated carbocycles. The van der Waals surface area contributed by atoms with Gasteiger partial charge in [0.25, 0.3) is 0 Å². The molecule has 0 atom stereocenters. The van der Waals surface area contributed by atoms with Crippen molar-refractivity contribution < 1.29 is 4.74 Å². The molecule has 0 aliphatic rings. The van der Waals surface area contributed by atoms with E-state index in [1.807, 2.05) is 12.1 Å². The van der Waals surface area contributed by atoms with Crippen LogP contribution >= 0.6 is 0 Å². The number of aryl methyl sites for hydroxylation is 1. The van der Waals surface area contributed by atoms with E-state index in [9.17, 15) is 0 Å². The quantitative estimate of drug-likeness (QED) is 0.759. The number of benzene rings is 1. The van der Waals surface area contributed by atoms with Crippen LogP contribution in [0.15, 0.2) is 18.2 Å². The second kappa shape index (κ2) is 7.46. The van der Waals surface area contributed by atoms with Crippen molar-refractivity contribution in [3.05, 3.63) is 24.0 Å². The van der Waals surface area contributed by atoms with Crippen molar-refractivity contribution in [2.45, 2.75) is 33.6 Å². The van der Waals surface area contributed by atoms with Crippen LogP contribution in [0.3, 0.4) is 0 Å². The normalized spacial score (nSPS) is 11.5. The van der Waals surface area contributed by atoms with Gasteiger partial charge in [0.15, 0.2) is 0 Å². The van der Waals surface area contributed by atoms with Crippen LogP contribution in [0.1, 0.15) is 33.0 Å². The van der Waals surface area contributed by atoms with Crippen LogP contribution in [0, 0.1) is 5.92 Å². The van der Waals surface area contributed by atoms with Crippen molar-refractivity contribution in [1.82, 2.24) is 14.9 Å². The summed E-state index contributed by atoms with van der Waals surface area (Å²) in [6.45, 7) is 9.33. The van der Waals surface area contributed by atoms with Gasteiger partial charge in [0.2, 0.25) is 0 Å². The predicted octanol–water partition coefficient (Wildman–Crippen LogP) is 3.15. The van der Waals surface area contributed by atoms with E-state index in [0.29, 0.717) is 5.92 Å². The molecule has 1 heterocycles. The third-order valence-corrected chi connectivity index (χ3v) is 3.50. The first-order valence-corrected chi connectivity index (χ1v) is 7.90. The maximum absolute atomic E-state index is 5.68. The van der Waals surface area contributed by atoms with Gasteiger partial charge in [-0.25, -0.2) is 4.98 Å². The Bertz CT molecular complexity index is 575. The molecule has 2 rings (SSSR count). The van der Waals surface area contributed by atoms with Gasteiger partial charge < -0.3 is 14.6 Å². The number of imidazole rings is 1. The van der Waals surface area contributed by atoms with Crippen LogP contribution in [0.4, 0.5) is 0 Å². The predicted molar refractivity (Wildman–Crippen MR) is 87.9 cm³/mol. The molecule has 4 heteroatoms. The first-order valence-electron chi connectivity index (χ1n) is 7.90. The van der Waals surface area contributed by atoms with Crippen LogP contribution in [0.5, 0.6) is 5.75 Å². The Kier molecular flexibility index (Phi) is 5.62. The molecule has 21 heavy (non-hydrogen) atoms. The van der Waals surface area contributed by atoms with Crippen molar-refractivity contribution in [3.63, 3.8) is 0 Å². The molecular weight excluding hydrogens is 262 g/mol. The number of nitrogens with zero attached hydrogens (tertiary/aromatic N) is 2. The number of aromatic nitrogens is 2. The van der Waals surface area contributed by atoms with Gasteiger partial charge in [0, 0.05) is 26.1 Å². The zero-order valence-corrected chi connectivity index (χ0v) is 13.6. The molecule has 4 nitrogen and oxygen atoms in total. The van der Waals surface area contributed by atoms with E-state index < -0.39 is 0 Å². The molecule has 0 bridgehead atoms. The second-order valence-electron chi connectivity index (χ2n) is 5.93. The Morgan fingerprint density at radius 2 is 2.14 bits per heavy atom. The minimum absolute atomic E-state index is 0.684. The van der Waals surface area contributed by atoms with E-state index in [-0.39, 0.29) is 0 Å². The maximum atomic E-state index is 5.68. The number of fused-ring (bicyclic) bond motifs is 1. The van der Waals surface area contributed by atoms with E-state index >= 15 is 0 Å². The fourth-order valence-corrected chi connectivity index (χ4v) is 2.35. The molecule has 116 valence electrons. The summed E-state index contributed by atoms with van der Waals surface area (Å²) in [6.07, 6.45) is 1.97. The summed E-state index contributed by atoms with van der Waals surface area (Å²) in [5.41, 5.74) is 2.18. The van der Waals surface area contributed by atoms with Crippen LogP contribution in [-0.4, -0.2) is 29.2 Å². The molecule has 0 unspecified atom stereocenters. The standard InChI is InChI=1S/C17H27N3O/c1-5-10-21-14-6-7-16-15(11-14)19-17(20(16)4)8-9-18-12-13(2)3/h6-7,11,13,18H,5,8-10,12H2,1-4H3. The minimum atomic E-state index is 0.684. The molecule has 1 aromatic carbocycles. The largest absolute Gasteiger partial charge is 0.494 e. The van der Waals surface area contributed by atoms with Crippen molar-refractivity contribution >= 4 is 11.0 Å². The molecule has 0 spiro atoms. The summed E-state index contributed by atoms with van der Waals surface area (Å²) < 4.78 is 7.85. The second-order valence-corrected chi connectivity index (χ2v) is 5.93. The summed E-state index contributed by atoms with van der Waals surface area (Å²) in [6, 6.07) is 6.16. The van der Waals surface area contributed by atoms with Crippen molar-refractivity contribution in [3.8, 4) is 5.75 Å². The summed E-state index contributed by atoms with van der Waals surface area (Å²) in [4.78, 5) is 4.74. The molecule has 0 aliphatic carbocycles. The number of rotatable bonds is 8. The molecule has 0 saturated heterocycles. The van der Waals surface area contributed by atoms with Gasteiger partial charge in [-0.05, 0) is 31.0 Å². The third kappa shape index (κ3) is 4.21. The minimum Gasteiger partial charge on any atom is -0.494 e. The topological polar surface area (TPSA) is 39.1 Å². The van der Waals surface area contributed by atoms with Gasteiger partial charge in [0.1, 0.15) is 11.6 Å². The van der Waals surface area contributed by atoms with Gasteiger partial charge >= 0.3 is 0 Å². The van der Waals surface area contributed by atoms with Crippen molar-refractivity contribution in [1.29, 1.82) is 0 Å². The van der Waals surface area contributed by atoms with E-state index in [1.165, 1.54) is 0 Å². The van der Waals surface area contributed by atoms with Gasteiger partial charge in [-0.3, -0.25) is 0 Å². The molecular formula is C17H27N3O. The highest BCUT2D eigenvalue weighted by Gasteiger charge is 2.08. The van der Waals surface area contributed by atoms with Gasteiger partial charge in [-0.2, -0.15) is 0 Å². The molecule has 0 radical (unpaired) electrons. The maximum Gasteiger partial charge on any atom is 0.121 e. The molecule has 2 aromatic rings. The molecule has 0 fully saturated rings. The number of nitrogens with one attached hydrogen (secondary N) is 1. The molecule has 1 N–H and O–H groups in total. The molecule has 0 amide bonds. The Morgan fingerprint density at radius 3 is 2.86 bits per heavy atom. The Labute approximate surface area is 127 Å². The van der Waals surface area contributed by atoms with E-state index in [1.54, 1.807) is 0 Å². The average molecular weight is 289 g/mol. The summed E-state index contributed by atoms with van der Waals surface area (Å²) in [5, 5.41) is 3.47. The van der Waals surface area contributed by atoms with E-state index in [2.05, 4.69) is 43.8 Å². The highest BCUT2D eigenvalue weighted by molar-refractivity contribution is 5.77. The first-order chi connectivity index (χ1) is 10.1. The Balaban J connectivity index is 2.05. The van der Waals surface area contributed by atoms with Gasteiger partial charge in [0.05, 0.1) is 17.6 Å². The SMILES string of the molecule is CCCOc1ccc2c(c1)nc(CCNCC(C)C)n2C. The lowest BCUT2D eigenvalue weighted by Gasteiger charge is -2.07. The number of hydrogen-bond acceptors (Lipinski definition) is 3. The Hall–Kier alpha value is -1.55. The van der Waals surface area contributed by atoms with E-state index in [4.69, 9.17) is 9.72 Å². The highest BCUT2D eigenvalue weighted by Crippen LogP contribution is 2.21. The van der Waals surface area contributed by atoms with Crippen LogP contribution in [0.25, 0.3) is 11.0 Å². The monoisotopic (exact) mass is 289 g/mol. The summed E-state index contributed by atoms with van der Waals surface area (Å²) in [5.74, 6) is 2.71. The van der Waals surface area contributed by atoms with Crippen LogP contribution < -0.4 is 10.1 Å². The zero-order chi connectivity index (χ0) is 15.2. The zero-order valence-electron chi connectivity index (χ0n) is 13.6. The Morgan fingerprint density at radius 1 is 1.33 bits per heavy atom. The first kappa shape index (κ1) is 15.8. The lowest BCUT2D eigenvalue weighted by molar-refractivity contribution is 0.318. The van der Waals surface area contributed by atoms with Gasteiger partial charge in [-0.15, -0.1) is 0 Å². The number of ether oxygens (including phenoxy) is 1. The third-order valence-electron chi connectivity index (χ3n) is 3.50. The van der Waals surface area contributed by atoms with Crippen molar-refractivity contribution in [2.75, 3.05) is 19.7 Å². The lowest BCUT2D eigenvalue weighted by Crippen LogP contribution is -2.23. The van der Waals surface area contributed by atoms with Crippen molar-refractivity contribution in [2.24, 2.45) is 13.0 Å². The van der Waals surface area contributed by atoms with E-state index in [0.717, 1.165) is 55.1 Å². The summed E-state index contributed by atoms with van der Waals surface area (Å²) in [7, 11) is 2.08. The fraction of sp³-hybridized carbons (Fsp3) is 0.588. The van der Waals surface area contributed by atoms with Gasteiger partial charge in [-0.1, -0.05) is 20.8 Å². The highest BCUT2D eigenvalue weighted by atomic mass is 16.5. The smallest absolute Gasteiger partial charge is 0.121 e. The van der Waals surface area contributed by atoms with Crippen LogP contribution in [-0.2, 0) is 13.5 Å². The summed E-state index contributed by atoms with van der Waals surface area (Å²) >= 11 is 0. The average Bonchev–Trinajstić information content (AvgIpc) is 2.77. The molecule has 1 aromatic heterocycles.